The van der Waals surface area contributed by atoms with Crippen molar-refractivity contribution in [2.24, 2.45) is 5.92 Å². The lowest BCUT2D eigenvalue weighted by atomic mass is 10.00. The summed E-state index contributed by atoms with van der Waals surface area (Å²) in [4.78, 5) is 38.4. The fraction of sp³-hybridized carbons (Fsp3) is 0.385. The van der Waals surface area contributed by atoms with Gasteiger partial charge >= 0.3 is 5.97 Å². The van der Waals surface area contributed by atoms with Crippen LogP contribution in [0.5, 0.6) is 0 Å². The zero-order valence-corrected chi connectivity index (χ0v) is 20.2. The Kier molecular flexibility index (Phi) is 6.97. The summed E-state index contributed by atoms with van der Waals surface area (Å²) >= 11 is 0. The van der Waals surface area contributed by atoms with E-state index in [1.165, 1.54) is 0 Å². The van der Waals surface area contributed by atoms with Crippen LogP contribution < -0.4 is 10.9 Å². The van der Waals surface area contributed by atoms with E-state index in [9.17, 15) is 14.7 Å². The van der Waals surface area contributed by atoms with Gasteiger partial charge in [0, 0.05) is 61.9 Å². The zero-order chi connectivity index (χ0) is 25.1. The maximum Gasteiger partial charge on any atom is 0.321 e. The summed E-state index contributed by atoms with van der Waals surface area (Å²) in [5, 5.41) is 12.8. The molecule has 1 saturated heterocycles. The average molecular weight is 491 g/mol. The summed E-state index contributed by atoms with van der Waals surface area (Å²) in [6, 6.07) is 7.18. The van der Waals surface area contributed by atoms with Crippen molar-refractivity contribution in [1.82, 2.24) is 29.8 Å². The lowest BCUT2D eigenvalue weighted by Gasteiger charge is -2.23. The van der Waals surface area contributed by atoms with Gasteiger partial charge in [-0.3, -0.25) is 14.9 Å². The number of rotatable bonds is 9. The van der Waals surface area contributed by atoms with Crippen molar-refractivity contribution < 1.29 is 14.6 Å². The second-order valence-corrected chi connectivity index (χ2v) is 9.38. The molecule has 1 aliphatic rings. The number of aromatic amines is 2. The lowest BCUT2D eigenvalue weighted by Crippen LogP contribution is -2.38. The fourth-order valence-electron chi connectivity index (χ4n) is 4.71. The summed E-state index contributed by atoms with van der Waals surface area (Å²) < 4.78 is 7.77. The number of imidazole rings is 2. The summed E-state index contributed by atoms with van der Waals surface area (Å²) in [6.07, 6.45) is 7.20. The zero-order valence-electron chi connectivity index (χ0n) is 20.2. The first kappa shape index (κ1) is 24.0. The highest BCUT2D eigenvalue weighted by molar-refractivity contribution is 5.81. The van der Waals surface area contributed by atoms with Crippen molar-refractivity contribution >= 4 is 17.0 Å². The second-order valence-electron chi connectivity index (χ2n) is 9.38. The standard InChI is InChI=1S/C26H30N6O4/c1-16-8-19(12-29-25(16)33)24-31-21-9-18(11-28-22(26(34)35)10-20-13-27-15-30-20)2-3-23(21)32(24)14-17-4-6-36-7-5-17/h2-3,8-9,12-13,15,17,22,28H,4-7,10-11,14H2,1H3,(H,27,30)(H,29,33)(H,34,35). The summed E-state index contributed by atoms with van der Waals surface area (Å²) in [6.45, 7) is 4.53. The third-order valence-corrected chi connectivity index (χ3v) is 6.77. The molecular formula is C26H30N6O4. The van der Waals surface area contributed by atoms with Crippen molar-refractivity contribution in [3.63, 3.8) is 0 Å². The van der Waals surface area contributed by atoms with Gasteiger partial charge in [-0.05, 0) is 49.4 Å². The molecule has 4 N–H and O–H groups in total. The topological polar surface area (TPSA) is 138 Å². The van der Waals surface area contributed by atoms with Gasteiger partial charge in [0.05, 0.1) is 17.4 Å². The van der Waals surface area contributed by atoms with Crippen LogP contribution in [0.15, 0.2) is 47.8 Å². The quantitative estimate of drug-likeness (QED) is 0.283. The first-order valence-corrected chi connectivity index (χ1v) is 12.2. The number of carboxylic acids is 1. The molecule has 1 aromatic carbocycles. The third kappa shape index (κ3) is 5.24. The summed E-state index contributed by atoms with van der Waals surface area (Å²) in [5.74, 6) is 0.379. The molecule has 1 aliphatic heterocycles. The molecule has 1 fully saturated rings. The van der Waals surface area contributed by atoms with E-state index in [4.69, 9.17) is 9.72 Å². The Morgan fingerprint density at radius 1 is 1.28 bits per heavy atom. The third-order valence-electron chi connectivity index (χ3n) is 6.77. The van der Waals surface area contributed by atoms with Crippen molar-refractivity contribution in [3.05, 3.63) is 70.2 Å². The number of nitrogens with one attached hydrogen (secondary N) is 3. The van der Waals surface area contributed by atoms with E-state index in [0.717, 1.165) is 66.3 Å². The summed E-state index contributed by atoms with van der Waals surface area (Å²) in [5.41, 5.74) is 4.94. The number of H-pyrrole nitrogens is 2. The van der Waals surface area contributed by atoms with Crippen molar-refractivity contribution in [1.29, 1.82) is 0 Å². The minimum absolute atomic E-state index is 0.109. The SMILES string of the molecule is Cc1cc(-c2nc3cc(CNC(Cc4cnc[nH]4)C(=O)O)ccc3n2CC2CCOCC2)c[nH]c1=O. The number of aromatic nitrogens is 5. The molecule has 0 radical (unpaired) electrons. The monoisotopic (exact) mass is 490 g/mol. The molecule has 188 valence electrons. The number of hydrogen-bond donors (Lipinski definition) is 4. The van der Waals surface area contributed by atoms with Gasteiger partial charge in [0.15, 0.2) is 0 Å². The molecule has 10 heteroatoms. The number of aliphatic carboxylic acids is 1. The van der Waals surface area contributed by atoms with Gasteiger partial charge in [-0.25, -0.2) is 9.97 Å². The minimum Gasteiger partial charge on any atom is -0.480 e. The van der Waals surface area contributed by atoms with Gasteiger partial charge in [-0.2, -0.15) is 0 Å². The van der Waals surface area contributed by atoms with Crippen molar-refractivity contribution in [2.45, 2.75) is 45.3 Å². The molecule has 1 atom stereocenters. The Labute approximate surface area is 207 Å². The van der Waals surface area contributed by atoms with E-state index < -0.39 is 12.0 Å². The van der Waals surface area contributed by atoms with Crippen LogP contribution in [0.3, 0.4) is 0 Å². The van der Waals surface area contributed by atoms with E-state index in [1.54, 1.807) is 25.6 Å². The number of hydrogen-bond acceptors (Lipinski definition) is 6. The molecule has 36 heavy (non-hydrogen) atoms. The van der Waals surface area contributed by atoms with Crippen LogP contribution in [0.2, 0.25) is 0 Å². The average Bonchev–Trinajstić information content (AvgIpc) is 3.52. The van der Waals surface area contributed by atoms with Crippen molar-refractivity contribution in [3.8, 4) is 11.4 Å². The first-order chi connectivity index (χ1) is 17.5. The van der Waals surface area contributed by atoms with Gasteiger partial charge < -0.3 is 24.4 Å². The van der Waals surface area contributed by atoms with E-state index in [1.807, 2.05) is 24.3 Å². The Morgan fingerprint density at radius 3 is 2.83 bits per heavy atom. The van der Waals surface area contributed by atoms with E-state index in [-0.39, 0.29) is 5.56 Å². The Hall–Kier alpha value is -3.76. The normalized spacial score (nSPS) is 15.4. The number of aryl methyl sites for hydroxylation is 1. The van der Waals surface area contributed by atoms with Gasteiger partial charge in [0.1, 0.15) is 11.9 Å². The van der Waals surface area contributed by atoms with E-state index >= 15 is 0 Å². The van der Waals surface area contributed by atoms with Crippen LogP contribution in [0.1, 0.15) is 29.7 Å². The largest absolute Gasteiger partial charge is 0.480 e. The molecule has 3 aromatic heterocycles. The summed E-state index contributed by atoms with van der Waals surface area (Å²) in [7, 11) is 0. The molecule has 1 unspecified atom stereocenters. The number of carboxylic acid groups (broad SMARTS) is 1. The molecule has 4 heterocycles. The molecule has 10 nitrogen and oxygen atoms in total. The number of pyridine rings is 1. The molecule has 0 aliphatic carbocycles. The number of carbonyl (C=O) groups is 1. The second kappa shape index (κ2) is 10.5. The first-order valence-electron chi connectivity index (χ1n) is 12.2. The molecular weight excluding hydrogens is 460 g/mol. The fourth-order valence-corrected chi connectivity index (χ4v) is 4.71. The Morgan fingerprint density at radius 2 is 2.11 bits per heavy atom. The van der Waals surface area contributed by atoms with Crippen LogP contribution in [-0.2, 0) is 29.0 Å². The highest BCUT2D eigenvalue weighted by atomic mass is 16.5. The van der Waals surface area contributed by atoms with Gasteiger partial charge in [-0.1, -0.05) is 6.07 Å². The molecule has 0 spiro atoms. The number of nitrogens with zero attached hydrogens (tertiary/aromatic N) is 3. The predicted octanol–water partition coefficient (Wildman–Crippen LogP) is 2.64. The maximum atomic E-state index is 11.9. The molecule has 0 bridgehead atoms. The Bertz CT molecular complexity index is 1400. The van der Waals surface area contributed by atoms with Gasteiger partial charge in [-0.15, -0.1) is 0 Å². The highest BCUT2D eigenvalue weighted by Crippen LogP contribution is 2.28. The van der Waals surface area contributed by atoms with Crippen molar-refractivity contribution in [2.75, 3.05) is 13.2 Å². The van der Waals surface area contributed by atoms with Gasteiger partial charge in [0.25, 0.3) is 5.56 Å². The smallest absolute Gasteiger partial charge is 0.321 e. The van der Waals surface area contributed by atoms with Crippen LogP contribution in [0, 0.1) is 12.8 Å². The highest BCUT2D eigenvalue weighted by Gasteiger charge is 2.21. The van der Waals surface area contributed by atoms with E-state index in [0.29, 0.717) is 24.4 Å². The number of ether oxygens (including phenoxy) is 1. The Balaban J connectivity index is 1.44. The number of fused-ring (bicyclic) bond motifs is 1. The lowest BCUT2D eigenvalue weighted by molar-refractivity contribution is -0.139. The van der Waals surface area contributed by atoms with Crippen LogP contribution in [0.25, 0.3) is 22.4 Å². The minimum atomic E-state index is -0.915. The number of benzene rings is 1. The van der Waals surface area contributed by atoms with Crippen LogP contribution in [-0.4, -0.2) is 54.8 Å². The van der Waals surface area contributed by atoms with E-state index in [2.05, 4.69) is 24.8 Å². The van der Waals surface area contributed by atoms with Crippen LogP contribution in [0.4, 0.5) is 0 Å². The molecule has 4 aromatic rings. The maximum absolute atomic E-state index is 11.9. The van der Waals surface area contributed by atoms with Gasteiger partial charge in [0.2, 0.25) is 0 Å². The molecule has 5 rings (SSSR count). The molecule has 0 saturated carbocycles. The van der Waals surface area contributed by atoms with Crippen LogP contribution >= 0.6 is 0 Å². The predicted molar refractivity (Wildman–Crippen MR) is 135 cm³/mol. The molecule has 0 amide bonds.